The highest BCUT2D eigenvalue weighted by Gasteiger charge is 2.14. The lowest BCUT2D eigenvalue weighted by atomic mass is 9.96. The highest BCUT2D eigenvalue weighted by atomic mass is 32.1. The molecule has 1 aromatic carbocycles. The highest BCUT2D eigenvalue weighted by molar-refractivity contribution is 7.82. The van der Waals surface area contributed by atoms with Crippen molar-refractivity contribution in [3.8, 4) is 0 Å². The molecule has 19 heavy (non-hydrogen) atoms. The van der Waals surface area contributed by atoms with Gasteiger partial charge in [-0.05, 0) is 18.1 Å². The summed E-state index contributed by atoms with van der Waals surface area (Å²) in [5.41, 5.74) is 2.13. The van der Waals surface area contributed by atoms with Gasteiger partial charge in [-0.1, -0.05) is 48.7 Å². The number of aromatic nitrogens is 2. The second kappa shape index (κ2) is 5.23. The first-order valence-electron chi connectivity index (χ1n) is 6.17. The Bertz CT molecular complexity index is 704. The predicted octanol–water partition coefficient (Wildman–Crippen LogP) is 3.63. The Morgan fingerprint density at radius 2 is 2.00 bits per heavy atom. The van der Waals surface area contributed by atoms with Crippen molar-refractivity contribution in [2.45, 2.75) is 19.3 Å². The second-order valence-corrected chi connectivity index (χ2v) is 5.66. The van der Waals surface area contributed by atoms with Gasteiger partial charge in [0, 0.05) is 34.2 Å². The molecule has 0 unspecified atom stereocenters. The number of rotatable bonds is 2. The first kappa shape index (κ1) is 12.5. The topological polar surface area (TPSA) is 25.8 Å². The second-order valence-electron chi connectivity index (χ2n) is 4.59. The molecule has 0 saturated carbocycles. The number of thiocarbonyl (C=S) groups is 2. The first-order valence-corrected chi connectivity index (χ1v) is 6.98. The Hall–Kier alpha value is -1.52. The fraction of sp³-hybridized carbons (Fsp3) is 0.200. The average Bonchev–Trinajstić information content (AvgIpc) is 2.42. The van der Waals surface area contributed by atoms with Gasteiger partial charge < -0.3 is 0 Å². The third-order valence-corrected chi connectivity index (χ3v) is 3.90. The monoisotopic (exact) mass is 284 g/mol. The number of para-hydroxylation sites is 1. The van der Waals surface area contributed by atoms with Crippen LogP contribution in [0.3, 0.4) is 0 Å². The lowest BCUT2D eigenvalue weighted by Crippen LogP contribution is -2.14. The smallest absolute Gasteiger partial charge is 0.133 e. The maximum Gasteiger partial charge on any atom is 0.133 e. The van der Waals surface area contributed by atoms with Crippen molar-refractivity contribution in [2.24, 2.45) is 0 Å². The molecule has 0 spiro atoms. The highest BCUT2D eigenvalue weighted by Crippen LogP contribution is 2.18. The van der Waals surface area contributed by atoms with E-state index in [1.807, 2.05) is 30.5 Å². The lowest BCUT2D eigenvalue weighted by molar-refractivity contribution is 0.993. The minimum atomic E-state index is 0.701. The van der Waals surface area contributed by atoms with Gasteiger partial charge in [0.1, 0.15) is 5.82 Å². The zero-order valence-corrected chi connectivity index (χ0v) is 11.9. The van der Waals surface area contributed by atoms with E-state index in [1.165, 1.54) is 0 Å². The van der Waals surface area contributed by atoms with Gasteiger partial charge in [-0.3, -0.25) is 0 Å². The van der Waals surface area contributed by atoms with Gasteiger partial charge in [0.15, 0.2) is 0 Å². The van der Waals surface area contributed by atoms with E-state index in [4.69, 9.17) is 24.4 Å². The maximum absolute atomic E-state index is 5.39. The summed E-state index contributed by atoms with van der Waals surface area (Å²) in [6.07, 6.45) is 6.29. The summed E-state index contributed by atoms with van der Waals surface area (Å²) in [5, 5.41) is 1.06. The Morgan fingerprint density at radius 1 is 1.16 bits per heavy atom. The molecule has 0 radical (unpaired) electrons. The molecule has 1 aliphatic carbocycles. The number of hydrogen-bond donors (Lipinski definition) is 0. The average molecular weight is 284 g/mol. The van der Waals surface area contributed by atoms with Crippen molar-refractivity contribution in [3.05, 3.63) is 47.9 Å². The van der Waals surface area contributed by atoms with Gasteiger partial charge in [-0.15, -0.1) is 0 Å². The number of hydrogen-bond acceptors (Lipinski definition) is 4. The fourth-order valence-corrected chi connectivity index (χ4v) is 2.80. The SMILES string of the molecule is S=C1CC=C(Cc2ncc3ccccc3n2)C(=S)C1. The normalized spacial score (nSPS) is 15.7. The van der Waals surface area contributed by atoms with E-state index in [2.05, 4.69) is 16.0 Å². The molecule has 2 aromatic rings. The minimum absolute atomic E-state index is 0.701. The van der Waals surface area contributed by atoms with Crippen molar-refractivity contribution in [3.63, 3.8) is 0 Å². The van der Waals surface area contributed by atoms with Crippen LogP contribution in [0.2, 0.25) is 0 Å². The fourth-order valence-electron chi connectivity index (χ4n) is 2.15. The molecule has 1 aromatic heterocycles. The van der Waals surface area contributed by atoms with Gasteiger partial charge in [0.25, 0.3) is 0 Å². The molecule has 0 amide bonds. The summed E-state index contributed by atoms with van der Waals surface area (Å²) in [6.45, 7) is 0. The summed E-state index contributed by atoms with van der Waals surface area (Å²) in [4.78, 5) is 10.9. The number of benzene rings is 1. The molecule has 0 saturated heterocycles. The van der Waals surface area contributed by atoms with Crippen LogP contribution in [0.4, 0.5) is 0 Å². The van der Waals surface area contributed by atoms with E-state index in [1.54, 1.807) is 0 Å². The molecular formula is C15H12N2S2. The number of nitrogens with zero attached hydrogens (tertiary/aromatic N) is 2. The maximum atomic E-state index is 5.39. The molecule has 0 aliphatic heterocycles. The molecule has 0 N–H and O–H groups in total. The molecule has 1 aliphatic rings. The van der Waals surface area contributed by atoms with Crippen molar-refractivity contribution in [1.82, 2.24) is 9.97 Å². The quantitative estimate of drug-likeness (QED) is 0.787. The molecule has 2 nitrogen and oxygen atoms in total. The summed E-state index contributed by atoms with van der Waals surface area (Å²) in [6, 6.07) is 8.00. The Balaban J connectivity index is 1.89. The zero-order chi connectivity index (χ0) is 13.2. The van der Waals surface area contributed by atoms with Gasteiger partial charge in [-0.2, -0.15) is 0 Å². The van der Waals surface area contributed by atoms with Crippen LogP contribution in [0.5, 0.6) is 0 Å². The summed E-state index contributed by atoms with van der Waals surface area (Å²) in [7, 11) is 0. The molecule has 0 bridgehead atoms. The molecule has 0 atom stereocenters. The van der Waals surface area contributed by atoms with E-state index in [0.29, 0.717) is 6.42 Å². The summed E-state index contributed by atoms with van der Waals surface area (Å²) >= 11 is 10.6. The van der Waals surface area contributed by atoms with E-state index < -0.39 is 0 Å². The van der Waals surface area contributed by atoms with Crippen LogP contribution >= 0.6 is 24.4 Å². The largest absolute Gasteiger partial charge is 0.240 e. The van der Waals surface area contributed by atoms with E-state index in [9.17, 15) is 0 Å². The molecule has 1 heterocycles. The van der Waals surface area contributed by atoms with Gasteiger partial charge in [-0.25, -0.2) is 9.97 Å². The van der Waals surface area contributed by atoms with Gasteiger partial charge in [0.05, 0.1) is 5.52 Å². The van der Waals surface area contributed by atoms with Crippen molar-refractivity contribution in [2.75, 3.05) is 0 Å². The van der Waals surface area contributed by atoms with E-state index in [-0.39, 0.29) is 0 Å². The minimum Gasteiger partial charge on any atom is -0.240 e. The number of fused-ring (bicyclic) bond motifs is 1. The predicted molar refractivity (Wildman–Crippen MR) is 85.8 cm³/mol. The van der Waals surface area contributed by atoms with Crippen molar-refractivity contribution < 1.29 is 0 Å². The van der Waals surface area contributed by atoms with E-state index >= 15 is 0 Å². The first-order chi connectivity index (χ1) is 9.22. The van der Waals surface area contributed by atoms with Crippen LogP contribution < -0.4 is 0 Å². The van der Waals surface area contributed by atoms with Crippen LogP contribution in [-0.4, -0.2) is 19.7 Å². The third kappa shape index (κ3) is 2.74. The Kier molecular flexibility index (Phi) is 3.44. The molecule has 3 rings (SSSR count). The van der Waals surface area contributed by atoms with Crippen molar-refractivity contribution >= 4 is 45.1 Å². The molecule has 0 fully saturated rings. The summed E-state index contributed by atoms with van der Waals surface area (Å²) < 4.78 is 0. The Morgan fingerprint density at radius 3 is 2.84 bits per heavy atom. The molecular weight excluding hydrogens is 272 g/mol. The van der Waals surface area contributed by atoms with Crippen LogP contribution in [0, 0.1) is 0 Å². The summed E-state index contributed by atoms with van der Waals surface area (Å²) in [5.74, 6) is 0.820. The van der Waals surface area contributed by atoms with Gasteiger partial charge >= 0.3 is 0 Å². The van der Waals surface area contributed by atoms with Gasteiger partial charge in [0.2, 0.25) is 0 Å². The third-order valence-electron chi connectivity index (χ3n) is 3.18. The van der Waals surface area contributed by atoms with Crippen LogP contribution in [0.25, 0.3) is 10.9 Å². The molecule has 4 heteroatoms. The lowest BCUT2D eigenvalue weighted by Gasteiger charge is -2.14. The zero-order valence-electron chi connectivity index (χ0n) is 10.3. The van der Waals surface area contributed by atoms with Crippen LogP contribution in [0.1, 0.15) is 18.7 Å². The Labute approximate surface area is 122 Å². The molecule has 94 valence electrons. The van der Waals surface area contributed by atoms with Crippen LogP contribution in [-0.2, 0) is 6.42 Å². The van der Waals surface area contributed by atoms with Crippen LogP contribution in [0.15, 0.2) is 42.1 Å². The number of allylic oxidation sites excluding steroid dienone is 2. The van der Waals surface area contributed by atoms with E-state index in [0.717, 1.165) is 44.9 Å². The van der Waals surface area contributed by atoms with Crippen molar-refractivity contribution in [1.29, 1.82) is 0 Å². The standard InChI is InChI=1S/C15H12N2S2/c18-12-6-5-10(14(19)8-12)7-15-16-9-11-3-1-2-4-13(11)17-15/h1-5,9H,6-8H2.